The molecule has 5 heteroatoms. The Balaban J connectivity index is 3.02. The van der Waals surface area contributed by atoms with Gasteiger partial charge in [0.25, 0.3) is 4.82 Å². The number of carbonyl (C=O) groups is 1. The fourth-order valence-electron chi connectivity index (χ4n) is 0.965. The zero-order valence-corrected chi connectivity index (χ0v) is 9.34. The normalized spacial score (nSPS) is 9.71. The Morgan fingerprint density at radius 1 is 1.57 bits per heavy atom. The van der Waals surface area contributed by atoms with Crippen LogP contribution < -0.4 is 9.64 Å². The van der Waals surface area contributed by atoms with Crippen LogP contribution in [-0.4, -0.2) is 19.0 Å². The highest BCUT2D eigenvalue weighted by Crippen LogP contribution is 2.23. The molecule has 0 saturated heterocycles. The lowest BCUT2D eigenvalue weighted by Crippen LogP contribution is -2.19. The Hall–Kier alpha value is -1.10. The number of amides is 1. The average Bonchev–Trinajstić information content (AvgIpc) is 2.16. The van der Waals surface area contributed by atoms with Crippen molar-refractivity contribution in [3.05, 3.63) is 24.0 Å². The molecule has 1 rings (SSSR count). The largest absolute Gasteiger partial charge is 0.494 e. The van der Waals surface area contributed by atoms with Gasteiger partial charge in [0.1, 0.15) is 0 Å². The third-order valence-corrected chi connectivity index (χ3v) is 2.32. The summed E-state index contributed by atoms with van der Waals surface area (Å²) in [5, 5.41) is 0. The van der Waals surface area contributed by atoms with Gasteiger partial charge in [-0.1, -0.05) is 0 Å². The van der Waals surface area contributed by atoms with Crippen LogP contribution in [0.15, 0.2) is 18.2 Å². The van der Waals surface area contributed by atoms with Crippen molar-refractivity contribution in [2.24, 2.45) is 0 Å². The van der Waals surface area contributed by atoms with Crippen LogP contribution in [0.25, 0.3) is 0 Å². The number of benzene rings is 1. The lowest BCUT2D eigenvalue weighted by molar-refractivity contribution is 0.267. The standard InChI is InChI=1S/C9H9BrFNO2/c1-12(9(10)13)6-3-4-8(14-2)7(11)5-6/h3-5H,1-2H3. The minimum Gasteiger partial charge on any atom is -0.494 e. The number of carbonyl (C=O) groups excluding carboxylic acids is 1. The Morgan fingerprint density at radius 3 is 2.64 bits per heavy atom. The van der Waals surface area contributed by atoms with Crippen molar-refractivity contribution in [2.45, 2.75) is 0 Å². The number of methoxy groups -OCH3 is 1. The molecule has 1 amide bonds. The Morgan fingerprint density at radius 2 is 2.21 bits per heavy atom. The first-order valence-corrected chi connectivity index (χ1v) is 4.62. The molecule has 0 N–H and O–H groups in total. The Kier molecular flexibility index (Phi) is 3.46. The van der Waals surface area contributed by atoms with Gasteiger partial charge in [-0.25, -0.2) is 4.39 Å². The smallest absolute Gasteiger partial charge is 0.293 e. The molecular weight excluding hydrogens is 253 g/mol. The molecule has 0 radical (unpaired) electrons. The summed E-state index contributed by atoms with van der Waals surface area (Å²) in [6.45, 7) is 0. The number of hydrogen-bond acceptors (Lipinski definition) is 2. The van der Waals surface area contributed by atoms with Gasteiger partial charge in [0.05, 0.1) is 7.11 Å². The fraction of sp³-hybridized carbons (Fsp3) is 0.222. The van der Waals surface area contributed by atoms with Crippen molar-refractivity contribution >= 4 is 26.4 Å². The molecule has 0 heterocycles. The highest BCUT2D eigenvalue weighted by Gasteiger charge is 2.10. The van der Waals surface area contributed by atoms with Crippen LogP contribution in [-0.2, 0) is 0 Å². The van der Waals surface area contributed by atoms with Gasteiger partial charge in [0.2, 0.25) is 0 Å². The predicted octanol–water partition coefficient (Wildman–Crippen LogP) is 2.79. The zero-order valence-electron chi connectivity index (χ0n) is 7.75. The van der Waals surface area contributed by atoms with Crippen molar-refractivity contribution in [3.8, 4) is 5.75 Å². The van der Waals surface area contributed by atoms with Crippen molar-refractivity contribution in [3.63, 3.8) is 0 Å². The van der Waals surface area contributed by atoms with E-state index in [1.165, 1.54) is 24.1 Å². The van der Waals surface area contributed by atoms with Gasteiger partial charge in [0.15, 0.2) is 11.6 Å². The van der Waals surface area contributed by atoms with Crippen LogP contribution in [0.1, 0.15) is 0 Å². The van der Waals surface area contributed by atoms with E-state index in [9.17, 15) is 9.18 Å². The summed E-state index contributed by atoms with van der Waals surface area (Å²) in [4.78, 5) is 11.8. The van der Waals surface area contributed by atoms with E-state index in [1.807, 2.05) is 0 Å². The number of halogens is 2. The number of rotatable bonds is 2. The minimum atomic E-state index is -0.495. The van der Waals surface area contributed by atoms with Crippen LogP contribution in [0.2, 0.25) is 0 Å². The molecule has 0 bridgehead atoms. The average molecular weight is 262 g/mol. The van der Waals surface area contributed by atoms with E-state index in [1.54, 1.807) is 13.1 Å². The minimum absolute atomic E-state index is 0.157. The van der Waals surface area contributed by atoms with E-state index in [4.69, 9.17) is 4.74 Å². The van der Waals surface area contributed by atoms with Gasteiger partial charge in [0, 0.05) is 34.7 Å². The second kappa shape index (κ2) is 4.41. The second-order valence-electron chi connectivity index (χ2n) is 2.63. The van der Waals surface area contributed by atoms with E-state index in [0.717, 1.165) is 0 Å². The van der Waals surface area contributed by atoms with Crippen molar-refractivity contribution in [1.29, 1.82) is 0 Å². The number of nitrogens with zero attached hydrogens (tertiary/aromatic N) is 1. The number of hydrogen-bond donors (Lipinski definition) is 0. The molecular formula is C9H9BrFNO2. The molecule has 0 spiro atoms. The Bertz CT molecular complexity index is 357. The summed E-state index contributed by atoms with van der Waals surface area (Å²) in [6.07, 6.45) is 0. The summed E-state index contributed by atoms with van der Waals surface area (Å²) in [6, 6.07) is 4.30. The van der Waals surface area contributed by atoms with E-state index in [0.29, 0.717) is 5.69 Å². The lowest BCUT2D eigenvalue weighted by Gasteiger charge is -2.14. The highest BCUT2D eigenvalue weighted by atomic mass is 79.9. The van der Waals surface area contributed by atoms with E-state index >= 15 is 0 Å². The first-order valence-electron chi connectivity index (χ1n) is 3.83. The molecule has 1 aromatic carbocycles. The van der Waals surface area contributed by atoms with Crippen LogP contribution in [0.3, 0.4) is 0 Å². The van der Waals surface area contributed by atoms with E-state index in [2.05, 4.69) is 15.9 Å². The number of ether oxygens (including phenoxy) is 1. The van der Waals surface area contributed by atoms with Gasteiger partial charge < -0.3 is 9.64 Å². The van der Waals surface area contributed by atoms with Gasteiger partial charge in [-0.05, 0) is 12.1 Å². The highest BCUT2D eigenvalue weighted by molar-refractivity contribution is 9.18. The maximum Gasteiger partial charge on any atom is 0.293 e. The molecule has 0 aliphatic carbocycles. The molecule has 0 fully saturated rings. The third kappa shape index (κ3) is 2.23. The van der Waals surface area contributed by atoms with Crippen molar-refractivity contribution < 1.29 is 13.9 Å². The maximum atomic E-state index is 13.2. The SMILES string of the molecule is COc1ccc(N(C)C(=O)Br)cc1F. The van der Waals surface area contributed by atoms with Crippen LogP contribution >= 0.6 is 15.9 Å². The van der Waals surface area contributed by atoms with Crippen LogP contribution in [0.5, 0.6) is 5.75 Å². The van der Waals surface area contributed by atoms with Gasteiger partial charge in [-0.15, -0.1) is 0 Å². The van der Waals surface area contributed by atoms with Crippen molar-refractivity contribution in [2.75, 3.05) is 19.1 Å². The van der Waals surface area contributed by atoms with E-state index < -0.39 is 5.82 Å². The molecule has 0 aliphatic heterocycles. The summed E-state index contributed by atoms with van der Waals surface area (Å²) >= 11 is 2.77. The molecule has 0 atom stereocenters. The van der Waals surface area contributed by atoms with E-state index in [-0.39, 0.29) is 10.6 Å². The van der Waals surface area contributed by atoms with Gasteiger partial charge >= 0.3 is 0 Å². The summed E-state index contributed by atoms with van der Waals surface area (Å²) in [5.74, 6) is -0.338. The molecule has 0 saturated carbocycles. The van der Waals surface area contributed by atoms with Gasteiger partial charge in [-0.2, -0.15) is 0 Å². The molecule has 0 unspecified atom stereocenters. The third-order valence-electron chi connectivity index (χ3n) is 1.79. The zero-order chi connectivity index (χ0) is 10.7. The maximum absolute atomic E-state index is 13.2. The second-order valence-corrected chi connectivity index (χ2v) is 3.31. The fourth-order valence-corrected chi connectivity index (χ4v) is 1.17. The van der Waals surface area contributed by atoms with Crippen LogP contribution in [0.4, 0.5) is 14.9 Å². The predicted molar refractivity (Wildman–Crippen MR) is 55.7 cm³/mol. The first kappa shape index (κ1) is 11.0. The lowest BCUT2D eigenvalue weighted by atomic mass is 10.3. The van der Waals surface area contributed by atoms with Crippen LogP contribution in [0, 0.1) is 5.82 Å². The van der Waals surface area contributed by atoms with Gasteiger partial charge in [-0.3, -0.25) is 4.79 Å². The van der Waals surface area contributed by atoms with Crippen molar-refractivity contribution in [1.82, 2.24) is 0 Å². The summed E-state index contributed by atoms with van der Waals surface area (Å²) in [5.41, 5.74) is 0.463. The monoisotopic (exact) mass is 261 g/mol. The molecule has 0 aromatic heterocycles. The Labute approximate surface area is 89.6 Å². The number of anilines is 1. The molecule has 14 heavy (non-hydrogen) atoms. The topological polar surface area (TPSA) is 29.5 Å². The molecule has 76 valence electrons. The molecule has 0 aliphatic rings. The quantitative estimate of drug-likeness (QED) is 0.605. The molecule has 1 aromatic rings. The molecule has 3 nitrogen and oxygen atoms in total. The summed E-state index contributed by atoms with van der Waals surface area (Å²) < 4.78 is 17.9. The summed E-state index contributed by atoms with van der Waals surface area (Å²) in [7, 11) is 2.93. The first-order chi connectivity index (χ1) is 6.56.